The molecule has 0 saturated carbocycles. The summed E-state index contributed by atoms with van der Waals surface area (Å²) in [6.45, 7) is 9.14. The number of nitriles is 1. The van der Waals surface area contributed by atoms with Crippen molar-refractivity contribution in [2.45, 2.75) is 31.3 Å². The molecule has 0 radical (unpaired) electrons. The first-order valence-electron chi connectivity index (χ1n) is 13.7. The van der Waals surface area contributed by atoms with Crippen molar-refractivity contribution in [3.05, 3.63) is 54.4 Å². The summed E-state index contributed by atoms with van der Waals surface area (Å²) < 4.78 is 20.2. The number of halogens is 1. The molecule has 9 nitrogen and oxygen atoms in total. The monoisotopic (exact) mass is 530 g/mol. The average molecular weight is 531 g/mol. The minimum Gasteiger partial charge on any atom is -0.370 e. The van der Waals surface area contributed by atoms with Crippen LogP contribution in [-0.2, 0) is 4.74 Å². The van der Waals surface area contributed by atoms with Crippen LogP contribution < -0.4 is 20.4 Å². The lowest BCUT2D eigenvalue weighted by Crippen LogP contribution is -2.54. The summed E-state index contributed by atoms with van der Waals surface area (Å²) >= 11 is 0. The molecule has 3 aliphatic heterocycles. The molecule has 10 heteroatoms. The smallest absolute Gasteiger partial charge is 0.134 e. The molecule has 0 spiro atoms. The van der Waals surface area contributed by atoms with E-state index in [0.29, 0.717) is 18.7 Å². The van der Waals surface area contributed by atoms with E-state index in [4.69, 9.17) is 10.5 Å². The lowest BCUT2D eigenvalue weighted by molar-refractivity contribution is -0.0327. The maximum atomic E-state index is 13.8. The van der Waals surface area contributed by atoms with E-state index in [9.17, 15) is 9.65 Å². The van der Waals surface area contributed by atoms with E-state index in [1.165, 1.54) is 0 Å². The second-order valence-corrected chi connectivity index (χ2v) is 10.9. The van der Waals surface area contributed by atoms with Gasteiger partial charge in [-0.05, 0) is 43.3 Å². The Hall–Kier alpha value is -3.52. The number of nitrogens with zero attached hydrogens (tertiary/aromatic N) is 7. The number of aromatic nitrogens is 2. The first-order valence-corrected chi connectivity index (χ1v) is 13.7. The fourth-order valence-corrected chi connectivity index (χ4v) is 6.07. The lowest BCUT2D eigenvalue weighted by Gasteiger charge is -2.42. The maximum Gasteiger partial charge on any atom is 0.134 e. The van der Waals surface area contributed by atoms with Crippen LogP contribution in [0.2, 0.25) is 0 Å². The quantitative estimate of drug-likeness (QED) is 0.533. The van der Waals surface area contributed by atoms with Crippen molar-refractivity contribution in [1.29, 1.82) is 5.26 Å². The molecule has 6 rings (SSSR count). The first-order chi connectivity index (χ1) is 19.0. The Kier molecular flexibility index (Phi) is 7.21. The normalized spacial score (nSPS) is 26.3. The molecule has 1 aromatic carbocycles. The zero-order valence-electron chi connectivity index (χ0n) is 22.3. The Morgan fingerprint density at radius 2 is 1.85 bits per heavy atom. The zero-order valence-corrected chi connectivity index (χ0v) is 22.3. The highest BCUT2D eigenvalue weighted by Gasteiger charge is 2.31. The van der Waals surface area contributed by atoms with Crippen LogP contribution in [0.15, 0.2) is 48.8 Å². The Morgan fingerprint density at radius 3 is 2.56 bits per heavy atom. The third-order valence-electron chi connectivity index (χ3n) is 8.08. The molecule has 0 aliphatic carbocycles. The van der Waals surface area contributed by atoms with Crippen molar-refractivity contribution in [1.82, 2.24) is 14.9 Å². The van der Waals surface area contributed by atoms with Crippen LogP contribution in [0.4, 0.5) is 21.6 Å². The molecule has 5 heterocycles. The number of fused-ring (bicyclic) bond motifs is 1. The summed E-state index contributed by atoms with van der Waals surface area (Å²) in [5, 5.41) is 10.5. The van der Waals surface area contributed by atoms with Gasteiger partial charge in [-0.15, -0.1) is 0 Å². The van der Waals surface area contributed by atoms with Crippen LogP contribution in [0.1, 0.15) is 12.5 Å². The van der Waals surface area contributed by atoms with E-state index in [1.54, 1.807) is 6.20 Å². The number of ether oxygens (including phenoxy) is 1. The molecule has 2 N–H and O–H groups in total. The number of benzene rings is 1. The summed E-state index contributed by atoms with van der Waals surface area (Å²) in [6, 6.07) is 13.8. The zero-order chi connectivity index (χ0) is 26.9. The van der Waals surface area contributed by atoms with Gasteiger partial charge >= 0.3 is 0 Å². The molecule has 4 atom stereocenters. The number of hydrogen-bond donors (Lipinski definition) is 1. The van der Waals surface area contributed by atoms with Crippen LogP contribution in [0, 0.1) is 11.3 Å². The molecular weight excluding hydrogens is 495 g/mol. The van der Waals surface area contributed by atoms with Gasteiger partial charge in [0.05, 0.1) is 47.8 Å². The van der Waals surface area contributed by atoms with Gasteiger partial charge in [0.2, 0.25) is 0 Å². The van der Waals surface area contributed by atoms with Crippen molar-refractivity contribution in [3.8, 4) is 6.07 Å². The van der Waals surface area contributed by atoms with E-state index >= 15 is 0 Å². The van der Waals surface area contributed by atoms with Crippen molar-refractivity contribution >= 4 is 28.1 Å². The van der Waals surface area contributed by atoms with Gasteiger partial charge in [-0.25, -0.2) is 9.37 Å². The Balaban J connectivity index is 1.06. The molecular formula is C29H35FN8O. The summed E-state index contributed by atoms with van der Waals surface area (Å²) in [5.74, 6) is 0.784. The SMILES string of the molecule is CC1CN(c2ccc(C#N)c3ncccc23)CC(CN2CCN(c3ccc(N4CC(N)C(F)C4)nc3)CC2)O1. The number of piperazine rings is 1. The van der Waals surface area contributed by atoms with Gasteiger partial charge in [-0.3, -0.25) is 9.88 Å². The second kappa shape index (κ2) is 10.9. The van der Waals surface area contributed by atoms with E-state index < -0.39 is 12.2 Å². The highest BCUT2D eigenvalue weighted by Crippen LogP contribution is 2.30. The van der Waals surface area contributed by atoms with E-state index in [1.807, 2.05) is 41.4 Å². The average Bonchev–Trinajstić information content (AvgIpc) is 3.30. The minimum atomic E-state index is -0.997. The van der Waals surface area contributed by atoms with Crippen LogP contribution in [0.3, 0.4) is 0 Å². The van der Waals surface area contributed by atoms with E-state index in [-0.39, 0.29) is 12.2 Å². The van der Waals surface area contributed by atoms with Crippen LogP contribution >= 0.6 is 0 Å². The topological polar surface area (TPSA) is 97.8 Å². The van der Waals surface area contributed by atoms with Crippen molar-refractivity contribution in [2.24, 2.45) is 5.73 Å². The molecule has 3 aliphatic rings. The molecule has 0 bridgehead atoms. The van der Waals surface area contributed by atoms with Gasteiger partial charge in [0, 0.05) is 69.6 Å². The van der Waals surface area contributed by atoms with Crippen molar-refractivity contribution < 1.29 is 9.13 Å². The Morgan fingerprint density at radius 1 is 1.00 bits per heavy atom. The first kappa shape index (κ1) is 25.7. The second-order valence-electron chi connectivity index (χ2n) is 10.9. The lowest BCUT2D eigenvalue weighted by atomic mass is 10.1. The van der Waals surface area contributed by atoms with Gasteiger partial charge in [0.25, 0.3) is 0 Å². The van der Waals surface area contributed by atoms with Gasteiger partial charge in [-0.2, -0.15) is 5.26 Å². The predicted molar refractivity (Wildman–Crippen MR) is 151 cm³/mol. The highest BCUT2D eigenvalue weighted by molar-refractivity contribution is 5.95. The molecule has 204 valence electrons. The number of nitrogens with two attached hydrogens (primary N) is 1. The number of pyridine rings is 2. The van der Waals surface area contributed by atoms with Gasteiger partial charge in [0.15, 0.2) is 0 Å². The number of alkyl halides is 1. The van der Waals surface area contributed by atoms with Gasteiger partial charge < -0.3 is 25.2 Å². The summed E-state index contributed by atoms with van der Waals surface area (Å²) in [5.41, 5.74) is 9.38. The fraction of sp³-hybridized carbons (Fsp3) is 0.483. The fourth-order valence-electron chi connectivity index (χ4n) is 6.07. The largest absolute Gasteiger partial charge is 0.370 e. The van der Waals surface area contributed by atoms with Crippen LogP contribution in [-0.4, -0.2) is 98.2 Å². The van der Waals surface area contributed by atoms with Crippen LogP contribution in [0.25, 0.3) is 10.9 Å². The third-order valence-corrected chi connectivity index (χ3v) is 8.08. The van der Waals surface area contributed by atoms with Crippen molar-refractivity contribution in [3.63, 3.8) is 0 Å². The Labute approximate surface area is 228 Å². The van der Waals surface area contributed by atoms with Gasteiger partial charge in [-0.1, -0.05) is 0 Å². The van der Waals surface area contributed by atoms with Crippen LogP contribution in [0.5, 0.6) is 0 Å². The summed E-state index contributed by atoms with van der Waals surface area (Å²) in [6.07, 6.45) is 2.84. The molecule has 3 saturated heterocycles. The predicted octanol–water partition coefficient (Wildman–Crippen LogP) is 2.40. The summed E-state index contributed by atoms with van der Waals surface area (Å²) in [4.78, 5) is 18.2. The molecule has 3 fully saturated rings. The minimum absolute atomic E-state index is 0.0924. The standard InChI is InChI=1S/C29H35FN8O/c1-20-15-37(27-6-4-21(13-31)29-24(27)3-2-8-33-29)17-23(39-20)16-35-9-11-36(12-10-35)22-5-7-28(34-14-22)38-18-25(30)26(32)19-38/h2-8,14,20,23,25-26H,9-12,15-19,32H2,1H3. The molecule has 2 aromatic heterocycles. The number of anilines is 3. The third kappa shape index (κ3) is 5.35. The van der Waals surface area contributed by atoms with Crippen molar-refractivity contribution in [2.75, 3.05) is 73.6 Å². The number of morpholine rings is 1. The number of rotatable bonds is 5. The molecule has 39 heavy (non-hydrogen) atoms. The van der Waals surface area contributed by atoms with Gasteiger partial charge in [0.1, 0.15) is 18.1 Å². The summed E-state index contributed by atoms with van der Waals surface area (Å²) in [7, 11) is 0. The van der Waals surface area contributed by atoms with E-state index in [0.717, 1.165) is 73.9 Å². The maximum absolute atomic E-state index is 13.8. The molecule has 3 aromatic rings. The highest BCUT2D eigenvalue weighted by atomic mass is 19.1. The van der Waals surface area contributed by atoms with E-state index in [2.05, 4.69) is 43.7 Å². The number of hydrogen-bond acceptors (Lipinski definition) is 9. The molecule has 4 unspecified atom stereocenters. The Bertz CT molecular complexity index is 1330. The molecule has 0 amide bonds.